The second-order valence-electron chi connectivity index (χ2n) is 5.24. The molecule has 0 amide bonds. The standard InChI is InChI=1S/C17H23N/c1-5-18(16-9-6-13(2)7-10-16)17-11-8-14(3)12-15(17)4/h6-12,15,17H,5H2,1-4H3. The molecule has 0 spiro atoms. The number of likely N-dealkylation sites (N-methyl/N-ethyl adjacent to an activating group) is 1. The molecule has 0 saturated heterocycles. The summed E-state index contributed by atoms with van der Waals surface area (Å²) < 4.78 is 0. The third-order valence-corrected chi connectivity index (χ3v) is 3.69. The summed E-state index contributed by atoms with van der Waals surface area (Å²) in [5, 5.41) is 0. The number of nitrogens with zero attached hydrogens (tertiary/aromatic N) is 1. The Bertz CT molecular complexity index is 453. The Balaban J connectivity index is 2.24. The molecule has 0 heterocycles. The number of allylic oxidation sites excluding steroid dienone is 2. The normalized spacial score (nSPS) is 22.8. The van der Waals surface area contributed by atoms with Gasteiger partial charge in [-0.3, -0.25) is 0 Å². The molecular weight excluding hydrogens is 218 g/mol. The molecule has 2 rings (SSSR count). The molecule has 2 unspecified atom stereocenters. The Morgan fingerprint density at radius 1 is 1.11 bits per heavy atom. The largest absolute Gasteiger partial charge is 0.365 e. The van der Waals surface area contributed by atoms with Crippen LogP contribution in [0.25, 0.3) is 0 Å². The van der Waals surface area contributed by atoms with Crippen LogP contribution in [0.3, 0.4) is 0 Å². The summed E-state index contributed by atoms with van der Waals surface area (Å²) in [6.45, 7) is 9.87. The minimum absolute atomic E-state index is 0.474. The molecule has 0 bridgehead atoms. The van der Waals surface area contributed by atoms with Crippen molar-refractivity contribution in [1.29, 1.82) is 0 Å². The zero-order valence-corrected chi connectivity index (χ0v) is 11.9. The number of benzene rings is 1. The third-order valence-electron chi connectivity index (χ3n) is 3.69. The minimum Gasteiger partial charge on any atom is -0.365 e. The van der Waals surface area contributed by atoms with Crippen molar-refractivity contribution in [1.82, 2.24) is 0 Å². The fourth-order valence-corrected chi connectivity index (χ4v) is 2.68. The average molecular weight is 241 g/mol. The molecular formula is C17H23N. The first-order chi connectivity index (χ1) is 8.61. The van der Waals surface area contributed by atoms with Crippen LogP contribution in [0.2, 0.25) is 0 Å². The molecule has 1 heteroatoms. The maximum Gasteiger partial charge on any atom is 0.0536 e. The molecule has 1 aromatic rings. The van der Waals surface area contributed by atoms with E-state index in [2.05, 4.69) is 75.1 Å². The summed E-state index contributed by atoms with van der Waals surface area (Å²) in [4.78, 5) is 2.48. The predicted molar refractivity (Wildman–Crippen MR) is 80.0 cm³/mol. The lowest BCUT2D eigenvalue weighted by molar-refractivity contribution is 0.567. The van der Waals surface area contributed by atoms with Gasteiger partial charge in [0.1, 0.15) is 0 Å². The van der Waals surface area contributed by atoms with E-state index in [1.54, 1.807) is 0 Å². The molecule has 0 aromatic heterocycles. The van der Waals surface area contributed by atoms with Gasteiger partial charge < -0.3 is 4.90 Å². The van der Waals surface area contributed by atoms with E-state index in [1.807, 2.05) is 0 Å². The summed E-state index contributed by atoms with van der Waals surface area (Å²) in [6.07, 6.45) is 6.94. The van der Waals surface area contributed by atoms with Gasteiger partial charge in [0.25, 0.3) is 0 Å². The van der Waals surface area contributed by atoms with Gasteiger partial charge in [-0.2, -0.15) is 0 Å². The van der Waals surface area contributed by atoms with Crippen molar-refractivity contribution in [2.45, 2.75) is 33.7 Å². The fourth-order valence-electron chi connectivity index (χ4n) is 2.68. The van der Waals surface area contributed by atoms with Crippen LogP contribution in [0.1, 0.15) is 26.3 Å². The van der Waals surface area contributed by atoms with Gasteiger partial charge in [-0.05, 0) is 38.8 Å². The van der Waals surface area contributed by atoms with Gasteiger partial charge in [-0.15, -0.1) is 0 Å². The van der Waals surface area contributed by atoms with Crippen LogP contribution >= 0.6 is 0 Å². The Hall–Kier alpha value is -1.50. The predicted octanol–water partition coefficient (Wildman–Crippen LogP) is 4.34. The van der Waals surface area contributed by atoms with Gasteiger partial charge in [0, 0.05) is 12.2 Å². The molecule has 0 saturated carbocycles. The molecule has 1 aliphatic carbocycles. The van der Waals surface area contributed by atoms with Crippen LogP contribution in [-0.4, -0.2) is 12.6 Å². The van der Waals surface area contributed by atoms with Gasteiger partial charge in [0.2, 0.25) is 0 Å². The lowest BCUT2D eigenvalue weighted by Crippen LogP contribution is -2.38. The fraction of sp³-hybridized carbons (Fsp3) is 0.412. The molecule has 0 radical (unpaired) electrons. The summed E-state index contributed by atoms with van der Waals surface area (Å²) in [7, 11) is 0. The highest BCUT2D eigenvalue weighted by Crippen LogP contribution is 2.26. The van der Waals surface area contributed by atoms with Gasteiger partial charge in [0.15, 0.2) is 0 Å². The molecule has 1 aromatic carbocycles. The topological polar surface area (TPSA) is 3.24 Å². The monoisotopic (exact) mass is 241 g/mol. The maximum absolute atomic E-state index is 2.48. The highest BCUT2D eigenvalue weighted by atomic mass is 15.2. The van der Waals surface area contributed by atoms with E-state index in [-0.39, 0.29) is 0 Å². The summed E-state index contributed by atoms with van der Waals surface area (Å²) in [5.74, 6) is 0.566. The lowest BCUT2D eigenvalue weighted by atomic mass is 9.92. The highest BCUT2D eigenvalue weighted by molar-refractivity contribution is 5.50. The van der Waals surface area contributed by atoms with Crippen molar-refractivity contribution in [3.63, 3.8) is 0 Å². The van der Waals surface area contributed by atoms with E-state index in [0.717, 1.165) is 6.54 Å². The van der Waals surface area contributed by atoms with Crippen molar-refractivity contribution < 1.29 is 0 Å². The quantitative estimate of drug-likeness (QED) is 0.761. The Morgan fingerprint density at radius 3 is 2.33 bits per heavy atom. The van der Waals surface area contributed by atoms with E-state index in [4.69, 9.17) is 0 Å². The minimum atomic E-state index is 0.474. The van der Waals surface area contributed by atoms with Gasteiger partial charge in [-0.1, -0.05) is 48.4 Å². The van der Waals surface area contributed by atoms with Crippen molar-refractivity contribution in [3.05, 3.63) is 53.6 Å². The molecule has 0 aliphatic heterocycles. The number of anilines is 1. The van der Waals surface area contributed by atoms with Crippen LogP contribution in [0.5, 0.6) is 0 Å². The zero-order chi connectivity index (χ0) is 13.1. The molecule has 96 valence electrons. The van der Waals surface area contributed by atoms with Gasteiger partial charge in [-0.25, -0.2) is 0 Å². The average Bonchev–Trinajstić information content (AvgIpc) is 2.35. The van der Waals surface area contributed by atoms with Crippen LogP contribution in [-0.2, 0) is 0 Å². The van der Waals surface area contributed by atoms with E-state index in [1.165, 1.54) is 16.8 Å². The zero-order valence-electron chi connectivity index (χ0n) is 11.9. The van der Waals surface area contributed by atoms with Crippen molar-refractivity contribution in [2.75, 3.05) is 11.4 Å². The van der Waals surface area contributed by atoms with Gasteiger partial charge >= 0.3 is 0 Å². The van der Waals surface area contributed by atoms with E-state index >= 15 is 0 Å². The van der Waals surface area contributed by atoms with Crippen LogP contribution in [0.4, 0.5) is 5.69 Å². The molecule has 1 nitrogen and oxygen atoms in total. The second-order valence-corrected chi connectivity index (χ2v) is 5.24. The van der Waals surface area contributed by atoms with Crippen LogP contribution in [0, 0.1) is 12.8 Å². The Morgan fingerprint density at radius 2 is 1.78 bits per heavy atom. The summed E-state index contributed by atoms with van der Waals surface area (Å²) in [6, 6.07) is 9.31. The SMILES string of the molecule is CCN(c1ccc(C)cc1)C1C=CC(C)=CC1C. The molecule has 0 fully saturated rings. The third kappa shape index (κ3) is 2.66. The number of aryl methyl sites for hydroxylation is 1. The first kappa shape index (κ1) is 12.9. The van der Waals surface area contributed by atoms with Crippen LogP contribution < -0.4 is 4.90 Å². The summed E-state index contributed by atoms with van der Waals surface area (Å²) in [5.41, 5.74) is 4.01. The van der Waals surface area contributed by atoms with E-state index < -0.39 is 0 Å². The summed E-state index contributed by atoms with van der Waals surface area (Å²) >= 11 is 0. The lowest BCUT2D eigenvalue weighted by Gasteiger charge is -2.35. The molecule has 2 atom stereocenters. The smallest absolute Gasteiger partial charge is 0.0536 e. The van der Waals surface area contributed by atoms with E-state index in [9.17, 15) is 0 Å². The number of hydrogen-bond donors (Lipinski definition) is 0. The number of rotatable bonds is 3. The first-order valence-corrected chi connectivity index (χ1v) is 6.81. The maximum atomic E-state index is 2.48. The van der Waals surface area contributed by atoms with Crippen molar-refractivity contribution in [2.24, 2.45) is 5.92 Å². The highest BCUT2D eigenvalue weighted by Gasteiger charge is 2.22. The molecule has 18 heavy (non-hydrogen) atoms. The van der Waals surface area contributed by atoms with Crippen molar-refractivity contribution >= 4 is 5.69 Å². The van der Waals surface area contributed by atoms with Gasteiger partial charge in [0.05, 0.1) is 6.04 Å². The number of hydrogen-bond acceptors (Lipinski definition) is 1. The first-order valence-electron chi connectivity index (χ1n) is 6.81. The Kier molecular flexibility index (Phi) is 3.90. The van der Waals surface area contributed by atoms with Crippen LogP contribution in [0.15, 0.2) is 48.1 Å². The van der Waals surface area contributed by atoms with E-state index in [0.29, 0.717) is 12.0 Å². The Labute approximate surface area is 111 Å². The second kappa shape index (κ2) is 5.43. The molecule has 1 aliphatic rings. The van der Waals surface area contributed by atoms with Crippen molar-refractivity contribution in [3.8, 4) is 0 Å². The molecule has 0 N–H and O–H groups in total.